The molecule has 4 N–H and O–H groups in total. The van der Waals surface area contributed by atoms with E-state index in [9.17, 15) is 18.4 Å². The minimum absolute atomic E-state index is 0.0318. The number of benzene rings is 2. The zero-order valence-corrected chi connectivity index (χ0v) is 18.4. The molecular weight excluding hydrogens is 446 g/mol. The highest BCUT2D eigenvalue weighted by Crippen LogP contribution is 2.16. The molecule has 34 heavy (non-hydrogen) atoms. The van der Waals surface area contributed by atoms with Crippen LogP contribution in [0.1, 0.15) is 18.4 Å². The van der Waals surface area contributed by atoms with Crippen molar-refractivity contribution in [3.8, 4) is 0 Å². The second-order valence-electron chi connectivity index (χ2n) is 7.59. The average Bonchev–Trinajstić information content (AvgIpc) is 2.83. The minimum Gasteiger partial charge on any atom is -0.447 e. The van der Waals surface area contributed by atoms with Gasteiger partial charge in [-0.05, 0) is 30.4 Å². The Kier molecular flexibility index (Phi) is 9.24. The molecule has 3 aromatic rings. The molecule has 0 fully saturated rings. The molecule has 0 aliphatic rings. The van der Waals surface area contributed by atoms with Gasteiger partial charge in [-0.2, -0.15) is 0 Å². The number of amides is 2. The molecule has 0 bridgehead atoms. The third-order valence-electron chi connectivity index (χ3n) is 4.99. The van der Waals surface area contributed by atoms with Gasteiger partial charge in [0.15, 0.2) is 11.6 Å². The van der Waals surface area contributed by atoms with Crippen LogP contribution >= 0.6 is 0 Å². The van der Waals surface area contributed by atoms with Gasteiger partial charge in [0.2, 0.25) is 5.91 Å². The SMILES string of the molecule is O=C(CNCc1cccc(F)c1F)NC(CCCO)COC(=O)Nc1cc2ccccc2cn1. The Morgan fingerprint density at radius 2 is 1.88 bits per heavy atom. The second kappa shape index (κ2) is 12.6. The van der Waals surface area contributed by atoms with E-state index in [0.29, 0.717) is 18.7 Å². The second-order valence-corrected chi connectivity index (χ2v) is 7.59. The van der Waals surface area contributed by atoms with Gasteiger partial charge in [0.05, 0.1) is 12.6 Å². The highest BCUT2D eigenvalue weighted by Gasteiger charge is 2.16. The van der Waals surface area contributed by atoms with Crippen LogP contribution < -0.4 is 16.0 Å². The van der Waals surface area contributed by atoms with E-state index < -0.39 is 29.7 Å². The molecule has 1 aromatic heterocycles. The van der Waals surface area contributed by atoms with Crippen molar-refractivity contribution in [2.45, 2.75) is 25.4 Å². The van der Waals surface area contributed by atoms with Gasteiger partial charge in [-0.15, -0.1) is 0 Å². The van der Waals surface area contributed by atoms with Gasteiger partial charge in [0.1, 0.15) is 12.4 Å². The number of aliphatic hydroxyl groups is 1. The monoisotopic (exact) mass is 472 g/mol. The Bertz CT molecular complexity index is 1130. The zero-order valence-electron chi connectivity index (χ0n) is 18.4. The summed E-state index contributed by atoms with van der Waals surface area (Å²) in [7, 11) is 0. The fourth-order valence-electron chi connectivity index (χ4n) is 3.28. The number of rotatable bonds is 11. The lowest BCUT2D eigenvalue weighted by Gasteiger charge is -2.19. The van der Waals surface area contributed by atoms with Gasteiger partial charge in [0.25, 0.3) is 0 Å². The largest absolute Gasteiger partial charge is 0.447 e. The first-order valence-corrected chi connectivity index (χ1v) is 10.8. The first-order chi connectivity index (χ1) is 16.5. The summed E-state index contributed by atoms with van der Waals surface area (Å²) in [5.41, 5.74) is 0.104. The molecule has 2 amide bonds. The topological polar surface area (TPSA) is 113 Å². The number of nitrogens with zero attached hydrogens (tertiary/aromatic N) is 1. The molecule has 0 aliphatic heterocycles. The van der Waals surface area contributed by atoms with Crippen LogP contribution in [-0.4, -0.2) is 47.9 Å². The van der Waals surface area contributed by atoms with Crippen molar-refractivity contribution in [1.82, 2.24) is 15.6 Å². The lowest BCUT2D eigenvalue weighted by atomic mass is 10.1. The van der Waals surface area contributed by atoms with Crippen LogP contribution in [0.15, 0.2) is 54.7 Å². The lowest BCUT2D eigenvalue weighted by molar-refractivity contribution is -0.121. The first kappa shape index (κ1) is 25.0. The van der Waals surface area contributed by atoms with Crippen molar-refractivity contribution in [3.63, 3.8) is 0 Å². The highest BCUT2D eigenvalue weighted by atomic mass is 19.2. The van der Waals surface area contributed by atoms with Crippen molar-refractivity contribution in [2.75, 3.05) is 25.1 Å². The zero-order chi connectivity index (χ0) is 24.3. The number of ether oxygens (including phenoxy) is 1. The number of hydrogen-bond donors (Lipinski definition) is 4. The summed E-state index contributed by atoms with van der Waals surface area (Å²) < 4.78 is 32.2. The maximum absolute atomic E-state index is 13.7. The van der Waals surface area contributed by atoms with E-state index in [1.54, 1.807) is 12.3 Å². The molecule has 0 aliphatic carbocycles. The van der Waals surface area contributed by atoms with Crippen LogP contribution in [0.4, 0.5) is 19.4 Å². The Hall–Kier alpha value is -3.63. The smallest absolute Gasteiger partial charge is 0.412 e. The average molecular weight is 472 g/mol. The van der Waals surface area contributed by atoms with Crippen molar-refractivity contribution < 1.29 is 28.2 Å². The summed E-state index contributed by atoms with van der Waals surface area (Å²) in [4.78, 5) is 28.6. The molecule has 180 valence electrons. The summed E-state index contributed by atoms with van der Waals surface area (Å²) in [5, 5.41) is 18.9. The molecular formula is C24H26F2N4O4. The van der Waals surface area contributed by atoms with Crippen LogP contribution in [0, 0.1) is 11.6 Å². The molecule has 0 spiro atoms. The number of aromatic nitrogens is 1. The molecule has 10 heteroatoms. The van der Waals surface area contributed by atoms with E-state index in [0.717, 1.165) is 16.8 Å². The van der Waals surface area contributed by atoms with E-state index in [4.69, 9.17) is 9.84 Å². The van der Waals surface area contributed by atoms with E-state index in [-0.39, 0.29) is 31.9 Å². The summed E-state index contributed by atoms with van der Waals surface area (Å²) in [6.45, 7) is -0.394. The molecule has 1 atom stereocenters. The highest BCUT2D eigenvalue weighted by molar-refractivity contribution is 5.89. The van der Waals surface area contributed by atoms with Gasteiger partial charge < -0.3 is 20.5 Å². The van der Waals surface area contributed by atoms with Crippen molar-refractivity contribution >= 4 is 28.6 Å². The summed E-state index contributed by atoms with van der Waals surface area (Å²) >= 11 is 0. The normalized spacial score (nSPS) is 11.7. The molecule has 3 rings (SSSR count). The molecule has 1 heterocycles. The molecule has 8 nitrogen and oxygen atoms in total. The number of fused-ring (bicyclic) bond motifs is 1. The minimum atomic E-state index is -0.962. The van der Waals surface area contributed by atoms with Gasteiger partial charge >= 0.3 is 6.09 Å². The summed E-state index contributed by atoms with van der Waals surface area (Å²) in [6.07, 6.45) is 1.68. The number of anilines is 1. The number of aliphatic hydroxyl groups excluding tert-OH is 1. The van der Waals surface area contributed by atoms with E-state index >= 15 is 0 Å². The molecule has 0 radical (unpaired) electrons. The van der Waals surface area contributed by atoms with Gasteiger partial charge in [0, 0.05) is 30.3 Å². The maximum atomic E-state index is 13.7. The Labute approximate surface area is 195 Å². The Balaban J connectivity index is 1.46. The Morgan fingerprint density at radius 3 is 2.68 bits per heavy atom. The number of nitrogens with one attached hydrogen (secondary N) is 3. The number of carbonyl (C=O) groups excluding carboxylic acids is 2. The first-order valence-electron chi connectivity index (χ1n) is 10.8. The molecule has 0 saturated carbocycles. The predicted octanol–water partition coefficient (Wildman–Crippen LogP) is 3.11. The summed E-state index contributed by atoms with van der Waals surface area (Å²) in [5.74, 6) is -2.01. The van der Waals surface area contributed by atoms with Crippen LogP contribution in [-0.2, 0) is 16.1 Å². The van der Waals surface area contributed by atoms with Gasteiger partial charge in [-0.3, -0.25) is 10.1 Å². The quantitative estimate of drug-likeness (QED) is 0.341. The molecule has 1 unspecified atom stereocenters. The predicted molar refractivity (Wildman–Crippen MR) is 123 cm³/mol. The van der Waals surface area contributed by atoms with Crippen molar-refractivity contribution in [1.29, 1.82) is 0 Å². The number of carbonyl (C=O) groups is 2. The Morgan fingerprint density at radius 1 is 1.09 bits per heavy atom. The van der Waals surface area contributed by atoms with Crippen LogP contribution in [0.3, 0.4) is 0 Å². The van der Waals surface area contributed by atoms with Gasteiger partial charge in [-0.25, -0.2) is 18.6 Å². The third-order valence-corrected chi connectivity index (χ3v) is 4.99. The summed E-state index contributed by atoms with van der Waals surface area (Å²) in [6, 6.07) is 12.6. The molecule has 2 aromatic carbocycles. The standard InChI is InChI=1S/C24H26F2N4O4/c25-20-9-3-7-18(23(20)26)12-27-14-22(32)29-19(8-4-10-31)15-34-24(33)30-21-11-16-5-1-2-6-17(16)13-28-21/h1-3,5-7,9,11,13,19,27,31H,4,8,10,12,14-15H2,(H,29,32)(H,28,30,33). The van der Waals surface area contributed by atoms with Gasteiger partial charge in [-0.1, -0.05) is 36.4 Å². The van der Waals surface area contributed by atoms with Crippen molar-refractivity contribution in [3.05, 3.63) is 71.9 Å². The third kappa shape index (κ3) is 7.46. The van der Waals surface area contributed by atoms with E-state index in [2.05, 4.69) is 20.9 Å². The number of hydrogen-bond acceptors (Lipinski definition) is 6. The lowest BCUT2D eigenvalue weighted by Crippen LogP contribution is -2.43. The van der Waals surface area contributed by atoms with Crippen LogP contribution in [0.25, 0.3) is 10.8 Å². The fraction of sp³-hybridized carbons (Fsp3) is 0.292. The fourth-order valence-corrected chi connectivity index (χ4v) is 3.28. The number of halogens is 2. The van der Waals surface area contributed by atoms with Crippen LogP contribution in [0.5, 0.6) is 0 Å². The molecule has 0 saturated heterocycles. The van der Waals surface area contributed by atoms with E-state index in [1.165, 1.54) is 12.1 Å². The van der Waals surface area contributed by atoms with E-state index in [1.807, 2.05) is 24.3 Å². The van der Waals surface area contributed by atoms with Crippen molar-refractivity contribution in [2.24, 2.45) is 0 Å². The van der Waals surface area contributed by atoms with Crippen LogP contribution in [0.2, 0.25) is 0 Å². The number of pyridine rings is 1. The maximum Gasteiger partial charge on any atom is 0.412 e.